The van der Waals surface area contributed by atoms with E-state index in [2.05, 4.69) is 31.1 Å². The summed E-state index contributed by atoms with van der Waals surface area (Å²) in [6.07, 6.45) is 0.302. The molecule has 0 atom stereocenters. The van der Waals surface area contributed by atoms with Crippen molar-refractivity contribution < 1.29 is 9.53 Å². The van der Waals surface area contributed by atoms with E-state index in [-0.39, 0.29) is 5.78 Å². The van der Waals surface area contributed by atoms with Crippen LogP contribution in [0.2, 0.25) is 19.6 Å². The van der Waals surface area contributed by atoms with Gasteiger partial charge in [0.1, 0.15) is 13.8 Å². The second-order valence-corrected chi connectivity index (χ2v) is 9.63. The molecular weight excluding hydrogens is 228 g/mol. The predicted molar refractivity (Wildman–Crippen MR) is 73.1 cm³/mol. The molecule has 0 N–H and O–H groups in total. The Bertz CT molecular complexity index is 444. The zero-order valence-electron chi connectivity index (χ0n) is 10.8. The lowest BCUT2D eigenvalue weighted by Gasteiger charge is -2.03. The number of ketones is 1. The number of hydrogen-bond acceptors (Lipinski definition) is 2. The molecule has 0 heterocycles. The maximum Gasteiger partial charge on any atom is 0.174 e. The highest BCUT2D eigenvalue weighted by atomic mass is 28.3. The third kappa shape index (κ3) is 4.88. The summed E-state index contributed by atoms with van der Waals surface area (Å²) in [5.41, 5.74) is 3.88. The Labute approximate surface area is 104 Å². The van der Waals surface area contributed by atoms with E-state index in [0.29, 0.717) is 12.0 Å². The topological polar surface area (TPSA) is 26.3 Å². The third-order valence-corrected chi connectivity index (χ3v) is 3.05. The Morgan fingerprint density at radius 2 is 1.82 bits per heavy atom. The van der Waals surface area contributed by atoms with Gasteiger partial charge in [-0.3, -0.25) is 4.79 Å². The first-order chi connectivity index (χ1) is 7.92. The monoisotopic (exact) mass is 246 g/mol. The van der Waals surface area contributed by atoms with Gasteiger partial charge in [0.2, 0.25) is 0 Å². The molecular formula is C14H18O2Si. The van der Waals surface area contributed by atoms with Crippen molar-refractivity contribution in [1.82, 2.24) is 0 Å². The number of ether oxygens (including phenoxy) is 1. The summed E-state index contributed by atoms with van der Waals surface area (Å²) in [4.78, 5) is 11.8. The molecule has 0 radical (unpaired) electrons. The average molecular weight is 246 g/mol. The first kappa shape index (κ1) is 13.5. The van der Waals surface area contributed by atoms with Crippen LogP contribution in [0.5, 0.6) is 5.75 Å². The molecule has 0 spiro atoms. The highest BCUT2D eigenvalue weighted by Gasteiger charge is 2.08. The van der Waals surface area contributed by atoms with Crippen LogP contribution >= 0.6 is 0 Å². The van der Waals surface area contributed by atoms with Gasteiger partial charge in [-0.25, -0.2) is 0 Å². The quantitative estimate of drug-likeness (QED) is 0.465. The molecule has 1 aromatic rings. The molecule has 0 fully saturated rings. The molecule has 1 aromatic carbocycles. The van der Waals surface area contributed by atoms with E-state index in [1.54, 1.807) is 31.4 Å². The zero-order valence-corrected chi connectivity index (χ0v) is 11.8. The van der Waals surface area contributed by atoms with Crippen molar-refractivity contribution in [3.8, 4) is 17.2 Å². The van der Waals surface area contributed by atoms with Crippen LogP contribution in [0.1, 0.15) is 16.8 Å². The van der Waals surface area contributed by atoms with E-state index in [4.69, 9.17) is 4.74 Å². The number of Topliss-reactive ketones (excluding diaryl/α,β-unsaturated/α-hetero) is 1. The Balaban J connectivity index is 2.66. The molecule has 1 rings (SSSR count). The zero-order chi connectivity index (χ0) is 12.9. The molecule has 0 bridgehead atoms. The average Bonchev–Trinajstić information content (AvgIpc) is 2.27. The van der Waals surface area contributed by atoms with Crippen molar-refractivity contribution in [2.24, 2.45) is 0 Å². The number of rotatable bonds is 3. The molecule has 3 heteroatoms. The van der Waals surface area contributed by atoms with Gasteiger partial charge in [0, 0.05) is 5.56 Å². The van der Waals surface area contributed by atoms with Gasteiger partial charge in [0.25, 0.3) is 0 Å². The summed E-state index contributed by atoms with van der Waals surface area (Å²) >= 11 is 0. The fourth-order valence-electron chi connectivity index (χ4n) is 1.27. The van der Waals surface area contributed by atoms with Gasteiger partial charge in [-0.1, -0.05) is 19.6 Å². The summed E-state index contributed by atoms with van der Waals surface area (Å²) in [5.74, 6) is 3.81. The van der Waals surface area contributed by atoms with Gasteiger partial charge in [0.05, 0.1) is 13.5 Å². The Hall–Kier alpha value is -1.53. The minimum atomic E-state index is -1.37. The summed E-state index contributed by atoms with van der Waals surface area (Å²) in [7, 11) is 0.234. The highest BCUT2D eigenvalue weighted by molar-refractivity contribution is 6.83. The van der Waals surface area contributed by atoms with Crippen LogP contribution in [-0.4, -0.2) is 21.0 Å². The van der Waals surface area contributed by atoms with Crippen LogP contribution in [-0.2, 0) is 0 Å². The molecule has 0 unspecified atom stereocenters. The molecule has 0 aliphatic carbocycles. The second kappa shape index (κ2) is 5.69. The summed E-state index contributed by atoms with van der Waals surface area (Å²) in [6, 6.07) is 7.13. The van der Waals surface area contributed by atoms with Crippen molar-refractivity contribution in [2.75, 3.05) is 7.11 Å². The summed E-state index contributed by atoms with van der Waals surface area (Å²) in [5, 5.41) is 0. The molecule has 0 aromatic heterocycles. The van der Waals surface area contributed by atoms with Crippen molar-refractivity contribution >= 4 is 13.9 Å². The number of carbonyl (C=O) groups excluding carboxylic acids is 1. The van der Waals surface area contributed by atoms with Gasteiger partial charge in [0.15, 0.2) is 5.78 Å². The molecule has 90 valence electrons. The Kier molecular flexibility index (Phi) is 4.53. The lowest BCUT2D eigenvalue weighted by atomic mass is 10.1. The fourth-order valence-corrected chi connectivity index (χ4v) is 1.89. The van der Waals surface area contributed by atoms with Crippen LogP contribution in [0, 0.1) is 11.5 Å². The maximum absolute atomic E-state index is 11.8. The fraction of sp³-hybridized carbons (Fsp3) is 0.357. The Morgan fingerprint density at radius 3 is 2.29 bits per heavy atom. The standard InChI is InChI=1S/C14H18O2Si/c1-16-13-9-7-12(8-10-13)14(15)6-5-11-17(2,3)4/h7-10H,6H2,1-4H3. The van der Waals surface area contributed by atoms with Gasteiger partial charge in [-0.15, -0.1) is 11.5 Å². The van der Waals surface area contributed by atoms with Crippen molar-refractivity contribution in [3.05, 3.63) is 29.8 Å². The first-order valence-electron chi connectivity index (χ1n) is 5.59. The van der Waals surface area contributed by atoms with Crippen LogP contribution in [0.25, 0.3) is 0 Å². The number of benzene rings is 1. The number of carbonyl (C=O) groups is 1. The molecule has 0 aliphatic heterocycles. The third-order valence-electron chi connectivity index (χ3n) is 2.12. The van der Waals surface area contributed by atoms with E-state index < -0.39 is 8.07 Å². The van der Waals surface area contributed by atoms with Crippen molar-refractivity contribution in [3.63, 3.8) is 0 Å². The number of hydrogen-bond donors (Lipinski definition) is 0. The van der Waals surface area contributed by atoms with E-state index in [1.165, 1.54) is 0 Å². The second-order valence-electron chi connectivity index (χ2n) is 4.88. The minimum Gasteiger partial charge on any atom is -0.497 e. The maximum atomic E-state index is 11.8. The van der Waals surface area contributed by atoms with Gasteiger partial charge in [-0.05, 0) is 24.3 Å². The minimum absolute atomic E-state index is 0.0680. The largest absolute Gasteiger partial charge is 0.497 e. The molecule has 17 heavy (non-hydrogen) atoms. The predicted octanol–water partition coefficient (Wildman–Crippen LogP) is 3.15. The van der Waals surface area contributed by atoms with Gasteiger partial charge >= 0.3 is 0 Å². The summed E-state index contributed by atoms with van der Waals surface area (Å²) < 4.78 is 5.04. The normalized spacial score (nSPS) is 10.4. The Morgan fingerprint density at radius 1 is 1.24 bits per heavy atom. The van der Waals surface area contributed by atoms with Crippen LogP contribution in [0.15, 0.2) is 24.3 Å². The molecule has 2 nitrogen and oxygen atoms in total. The SMILES string of the molecule is COc1ccc(C(=O)CC#C[Si](C)(C)C)cc1. The molecule has 0 saturated carbocycles. The van der Waals surface area contributed by atoms with Crippen molar-refractivity contribution in [2.45, 2.75) is 26.1 Å². The lowest BCUT2D eigenvalue weighted by Crippen LogP contribution is -2.16. The molecule has 0 amide bonds. The van der Waals surface area contributed by atoms with E-state index in [0.717, 1.165) is 5.75 Å². The number of methoxy groups -OCH3 is 1. The van der Waals surface area contributed by atoms with E-state index >= 15 is 0 Å². The molecule has 0 saturated heterocycles. The van der Waals surface area contributed by atoms with Crippen molar-refractivity contribution in [1.29, 1.82) is 0 Å². The van der Waals surface area contributed by atoms with E-state index in [9.17, 15) is 4.79 Å². The lowest BCUT2D eigenvalue weighted by molar-refractivity contribution is 0.0998. The first-order valence-corrected chi connectivity index (χ1v) is 9.09. The highest BCUT2D eigenvalue weighted by Crippen LogP contribution is 2.12. The van der Waals surface area contributed by atoms with E-state index in [1.807, 2.05) is 0 Å². The smallest absolute Gasteiger partial charge is 0.174 e. The van der Waals surface area contributed by atoms with Crippen LogP contribution in [0.3, 0.4) is 0 Å². The van der Waals surface area contributed by atoms with Gasteiger partial charge < -0.3 is 4.74 Å². The van der Waals surface area contributed by atoms with Crippen LogP contribution < -0.4 is 4.74 Å². The molecule has 0 aliphatic rings. The van der Waals surface area contributed by atoms with Crippen LogP contribution in [0.4, 0.5) is 0 Å². The van der Waals surface area contributed by atoms with Gasteiger partial charge in [-0.2, -0.15) is 0 Å². The summed E-state index contributed by atoms with van der Waals surface area (Å²) in [6.45, 7) is 6.49.